The lowest BCUT2D eigenvalue weighted by Crippen LogP contribution is -2.44. The largest absolute Gasteiger partial charge is 0.357 e. The first-order valence-corrected chi connectivity index (χ1v) is 11.3. The molecule has 1 atom stereocenters. The number of pyridine rings is 1. The average Bonchev–Trinajstić information content (AvgIpc) is 3.18. The molecular weight excluding hydrogens is 367 g/mol. The Balaban J connectivity index is 1.39. The number of aromatic nitrogens is 1. The number of likely N-dealkylation sites (tertiary alicyclic amines) is 1. The number of rotatable bonds is 8. The predicted molar refractivity (Wildman–Crippen MR) is 118 cm³/mol. The van der Waals surface area contributed by atoms with Gasteiger partial charge in [0, 0.05) is 38.4 Å². The molecule has 2 aliphatic rings. The van der Waals surface area contributed by atoms with E-state index in [1.165, 1.54) is 45.0 Å². The lowest BCUT2D eigenvalue weighted by molar-refractivity contribution is 0.190. The number of hydrogen-bond donors (Lipinski definition) is 2. The molecule has 0 spiro atoms. The fourth-order valence-corrected chi connectivity index (χ4v) is 4.12. The first kappa shape index (κ1) is 21.8. The van der Waals surface area contributed by atoms with E-state index in [1.54, 1.807) is 12.3 Å². The van der Waals surface area contributed by atoms with Gasteiger partial charge in [-0.25, -0.2) is 9.37 Å². The summed E-state index contributed by atoms with van der Waals surface area (Å²) in [7, 11) is 0. The number of anilines is 1. The van der Waals surface area contributed by atoms with Crippen molar-refractivity contribution in [1.29, 1.82) is 0 Å². The molecule has 6 nitrogen and oxygen atoms in total. The summed E-state index contributed by atoms with van der Waals surface area (Å²) in [4.78, 5) is 13.6. The van der Waals surface area contributed by atoms with Gasteiger partial charge < -0.3 is 20.4 Å². The van der Waals surface area contributed by atoms with Gasteiger partial charge in [0.1, 0.15) is 0 Å². The highest BCUT2D eigenvalue weighted by molar-refractivity contribution is 5.80. The first-order valence-electron chi connectivity index (χ1n) is 11.3. The number of nitrogens with zero attached hydrogens (tertiary/aromatic N) is 4. The molecule has 1 unspecified atom stereocenters. The zero-order valence-electron chi connectivity index (χ0n) is 18.0. The molecule has 2 saturated heterocycles. The highest BCUT2D eigenvalue weighted by Gasteiger charge is 2.25. The SMILES string of the molecule is CCNC(=NCCCCN1CCC(C)CC1)NC1CCN(c2ncccc2F)C1. The van der Waals surface area contributed by atoms with Crippen LogP contribution in [0.15, 0.2) is 23.3 Å². The molecule has 0 aliphatic carbocycles. The van der Waals surface area contributed by atoms with Crippen LogP contribution in [0.4, 0.5) is 10.2 Å². The topological polar surface area (TPSA) is 55.8 Å². The summed E-state index contributed by atoms with van der Waals surface area (Å²) in [6.07, 6.45) is 7.59. The zero-order valence-corrected chi connectivity index (χ0v) is 18.0. The standard InChI is InChI=1S/C22H37FN6/c1-3-24-22(26-11-4-5-13-28-14-8-18(2)9-15-28)27-19-10-16-29(17-19)21-20(23)7-6-12-25-21/h6-7,12,18-19H,3-5,8-11,13-17H2,1-2H3,(H2,24,26,27). The number of aliphatic imine (C=N–C) groups is 1. The molecule has 0 radical (unpaired) electrons. The van der Waals surface area contributed by atoms with Crippen LogP contribution < -0.4 is 15.5 Å². The van der Waals surface area contributed by atoms with Crippen LogP contribution in [0.2, 0.25) is 0 Å². The maximum absolute atomic E-state index is 14.0. The van der Waals surface area contributed by atoms with Gasteiger partial charge in [0.05, 0.1) is 0 Å². The quantitative estimate of drug-likeness (QED) is 0.396. The fraction of sp³-hybridized carbons (Fsp3) is 0.727. The van der Waals surface area contributed by atoms with Crippen LogP contribution in [-0.2, 0) is 0 Å². The van der Waals surface area contributed by atoms with E-state index >= 15 is 0 Å². The van der Waals surface area contributed by atoms with Crippen molar-refractivity contribution in [2.45, 2.75) is 52.0 Å². The Bertz CT molecular complexity index is 644. The maximum Gasteiger partial charge on any atom is 0.191 e. The molecule has 2 fully saturated rings. The number of piperidine rings is 1. The van der Waals surface area contributed by atoms with Crippen LogP contribution in [0.25, 0.3) is 0 Å². The van der Waals surface area contributed by atoms with Crippen molar-refractivity contribution in [3.8, 4) is 0 Å². The summed E-state index contributed by atoms with van der Waals surface area (Å²) in [5, 5.41) is 6.86. The molecular formula is C22H37FN6. The Hall–Kier alpha value is -1.89. The van der Waals surface area contributed by atoms with Gasteiger partial charge in [-0.2, -0.15) is 0 Å². The summed E-state index contributed by atoms with van der Waals surface area (Å²) in [5.41, 5.74) is 0. The Morgan fingerprint density at radius 3 is 2.83 bits per heavy atom. The van der Waals surface area contributed by atoms with Gasteiger partial charge in [-0.15, -0.1) is 0 Å². The molecule has 1 aromatic rings. The molecule has 2 aliphatic heterocycles. The smallest absolute Gasteiger partial charge is 0.191 e. The highest BCUT2D eigenvalue weighted by Crippen LogP contribution is 2.20. The normalized spacial score (nSPS) is 21.6. The third-order valence-electron chi connectivity index (χ3n) is 5.94. The van der Waals surface area contributed by atoms with E-state index in [9.17, 15) is 4.39 Å². The highest BCUT2D eigenvalue weighted by atomic mass is 19.1. The zero-order chi connectivity index (χ0) is 20.5. The molecule has 3 heterocycles. The van der Waals surface area contributed by atoms with Crippen LogP contribution in [-0.4, -0.2) is 67.7 Å². The third kappa shape index (κ3) is 6.84. The van der Waals surface area contributed by atoms with Crippen LogP contribution >= 0.6 is 0 Å². The van der Waals surface area contributed by atoms with Gasteiger partial charge in [0.15, 0.2) is 17.6 Å². The van der Waals surface area contributed by atoms with Crippen LogP contribution in [0.3, 0.4) is 0 Å². The molecule has 162 valence electrons. The Morgan fingerprint density at radius 1 is 1.24 bits per heavy atom. The van der Waals surface area contributed by atoms with E-state index in [0.29, 0.717) is 5.82 Å². The number of unbranched alkanes of at least 4 members (excludes halogenated alkanes) is 1. The Labute approximate surface area is 175 Å². The van der Waals surface area contributed by atoms with Crippen molar-refractivity contribution in [2.75, 3.05) is 50.7 Å². The van der Waals surface area contributed by atoms with Crippen LogP contribution in [0.1, 0.15) is 46.0 Å². The van der Waals surface area contributed by atoms with Crippen molar-refractivity contribution in [3.05, 3.63) is 24.1 Å². The number of hydrogen-bond acceptors (Lipinski definition) is 4. The maximum atomic E-state index is 14.0. The summed E-state index contributed by atoms with van der Waals surface area (Å²) >= 11 is 0. The fourth-order valence-electron chi connectivity index (χ4n) is 4.12. The molecule has 29 heavy (non-hydrogen) atoms. The van der Waals surface area contributed by atoms with Crippen molar-refractivity contribution in [2.24, 2.45) is 10.9 Å². The minimum atomic E-state index is -0.253. The third-order valence-corrected chi connectivity index (χ3v) is 5.94. The van der Waals surface area contributed by atoms with Gasteiger partial charge in [0.25, 0.3) is 0 Å². The second-order valence-corrected chi connectivity index (χ2v) is 8.38. The Kier molecular flexibility index (Phi) is 8.52. The molecule has 0 amide bonds. The molecule has 1 aromatic heterocycles. The van der Waals surface area contributed by atoms with E-state index in [2.05, 4.69) is 34.4 Å². The van der Waals surface area contributed by atoms with Gasteiger partial charge in [-0.05, 0) is 76.7 Å². The summed E-state index contributed by atoms with van der Waals surface area (Å²) in [5.74, 6) is 1.96. The summed E-state index contributed by atoms with van der Waals surface area (Å²) < 4.78 is 14.0. The summed E-state index contributed by atoms with van der Waals surface area (Å²) in [6.45, 7) is 11.4. The Morgan fingerprint density at radius 2 is 2.07 bits per heavy atom. The molecule has 2 N–H and O–H groups in total. The van der Waals surface area contributed by atoms with Gasteiger partial charge in [0.2, 0.25) is 0 Å². The minimum absolute atomic E-state index is 0.253. The van der Waals surface area contributed by atoms with E-state index in [1.807, 2.05) is 4.90 Å². The lowest BCUT2D eigenvalue weighted by atomic mass is 9.99. The monoisotopic (exact) mass is 404 g/mol. The van der Waals surface area contributed by atoms with E-state index in [4.69, 9.17) is 4.99 Å². The van der Waals surface area contributed by atoms with Crippen LogP contribution in [0, 0.1) is 11.7 Å². The van der Waals surface area contributed by atoms with Gasteiger partial charge >= 0.3 is 0 Å². The summed E-state index contributed by atoms with van der Waals surface area (Å²) in [6, 6.07) is 3.36. The van der Waals surface area contributed by atoms with E-state index < -0.39 is 0 Å². The second-order valence-electron chi connectivity index (χ2n) is 8.38. The molecule has 7 heteroatoms. The van der Waals surface area contributed by atoms with E-state index in [-0.39, 0.29) is 11.9 Å². The molecule has 0 aromatic carbocycles. The predicted octanol–water partition coefficient (Wildman–Crippen LogP) is 2.87. The van der Waals surface area contributed by atoms with Crippen molar-refractivity contribution < 1.29 is 4.39 Å². The second kappa shape index (κ2) is 11.3. The van der Waals surface area contributed by atoms with Crippen molar-refractivity contribution in [1.82, 2.24) is 20.5 Å². The average molecular weight is 405 g/mol. The van der Waals surface area contributed by atoms with Crippen molar-refractivity contribution >= 4 is 11.8 Å². The molecule has 0 saturated carbocycles. The molecule has 3 rings (SSSR count). The number of guanidine groups is 1. The lowest BCUT2D eigenvalue weighted by Gasteiger charge is -2.30. The van der Waals surface area contributed by atoms with Gasteiger partial charge in [-0.1, -0.05) is 6.92 Å². The van der Waals surface area contributed by atoms with Crippen LogP contribution in [0.5, 0.6) is 0 Å². The molecule has 0 bridgehead atoms. The number of halogens is 1. The minimum Gasteiger partial charge on any atom is -0.357 e. The van der Waals surface area contributed by atoms with Crippen molar-refractivity contribution in [3.63, 3.8) is 0 Å². The van der Waals surface area contributed by atoms with E-state index in [0.717, 1.165) is 50.9 Å². The number of nitrogens with one attached hydrogen (secondary N) is 2. The first-order chi connectivity index (χ1) is 14.2. The van der Waals surface area contributed by atoms with Gasteiger partial charge in [-0.3, -0.25) is 4.99 Å².